The number of nitrogens with one attached hydrogen (secondary N) is 1. The van der Waals surface area contributed by atoms with E-state index in [0.717, 1.165) is 17.7 Å². The van der Waals surface area contributed by atoms with Gasteiger partial charge in [-0.25, -0.2) is 0 Å². The predicted molar refractivity (Wildman–Crippen MR) is 74.7 cm³/mol. The molecule has 1 N–H and O–H groups in total. The van der Waals surface area contributed by atoms with E-state index in [1.807, 2.05) is 25.1 Å². The number of benzene rings is 1. The van der Waals surface area contributed by atoms with Gasteiger partial charge in [0.1, 0.15) is 5.75 Å². The van der Waals surface area contributed by atoms with E-state index in [1.165, 1.54) is 7.11 Å². The average Bonchev–Trinajstić information content (AvgIpc) is 2.45. The molecule has 5 nitrogen and oxygen atoms in total. The lowest BCUT2D eigenvalue weighted by Crippen LogP contribution is -2.19. The Balaban J connectivity index is 1.89. The first-order valence-corrected chi connectivity index (χ1v) is 6.73. The summed E-state index contributed by atoms with van der Waals surface area (Å²) in [7, 11) is 1.38. The first-order valence-electron chi connectivity index (χ1n) is 6.73. The molecule has 108 valence electrons. The Morgan fingerprint density at radius 1 is 1.40 bits per heavy atom. The number of carbonyl (C=O) groups excluding carboxylic acids is 2. The van der Waals surface area contributed by atoms with Gasteiger partial charge in [-0.05, 0) is 24.5 Å². The van der Waals surface area contributed by atoms with Crippen molar-refractivity contribution in [3.8, 4) is 5.75 Å². The number of anilines is 1. The summed E-state index contributed by atoms with van der Waals surface area (Å²) in [4.78, 5) is 22.6. The monoisotopic (exact) mass is 277 g/mol. The van der Waals surface area contributed by atoms with E-state index in [9.17, 15) is 9.59 Å². The molecule has 0 saturated heterocycles. The minimum atomic E-state index is -0.230. The summed E-state index contributed by atoms with van der Waals surface area (Å²) >= 11 is 0. The van der Waals surface area contributed by atoms with Gasteiger partial charge >= 0.3 is 5.97 Å². The number of aryl methyl sites for hydroxylation is 1. The standard InChI is InChI=1S/C15H19NO4/c1-10(15(18)19-2)7-8-20-12-5-3-11-4-6-14(17)16-13(11)9-12/h3,5,9-10H,4,6-8H2,1-2H3,(H,16,17). The molecule has 0 radical (unpaired) electrons. The normalized spacial score (nSPS) is 15.0. The average molecular weight is 277 g/mol. The largest absolute Gasteiger partial charge is 0.493 e. The van der Waals surface area contributed by atoms with Gasteiger partial charge in [0, 0.05) is 18.2 Å². The molecule has 1 aliphatic rings. The molecule has 1 heterocycles. The summed E-state index contributed by atoms with van der Waals surface area (Å²) in [5, 5.41) is 2.83. The topological polar surface area (TPSA) is 64.6 Å². The number of hydrogen-bond acceptors (Lipinski definition) is 4. The fourth-order valence-electron chi connectivity index (χ4n) is 2.11. The molecule has 0 aromatic heterocycles. The van der Waals surface area contributed by atoms with E-state index in [4.69, 9.17) is 4.74 Å². The highest BCUT2D eigenvalue weighted by Gasteiger charge is 2.16. The highest BCUT2D eigenvalue weighted by atomic mass is 16.5. The number of hydrogen-bond donors (Lipinski definition) is 1. The van der Waals surface area contributed by atoms with Gasteiger partial charge in [-0.15, -0.1) is 0 Å². The number of ether oxygens (including phenoxy) is 2. The molecule has 0 saturated carbocycles. The fourth-order valence-corrected chi connectivity index (χ4v) is 2.11. The Kier molecular flexibility index (Phi) is 4.61. The summed E-state index contributed by atoms with van der Waals surface area (Å²) < 4.78 is 10.3. The first kappa shape index (κ1) is 14.4. The van der Waals surface area contributed by atoms with Gasteiger partial charge in [-0.1, -0.05) is 13.0 Å². The van der Waals surface area contributed by atoms with Crippen LogP contribution in [0.1, 0.15) is 25.3 Å². The molecule has 5 heteroatoms. The molecule has 0 spiro atoms. The van der Waals surface area contributed by atoms with Crippen molar-refractivity contribution in [3.05, 3.63) is 23.8 Å². The van der Waals surface area contributed by atoms with Crippen LogP contribution in [0.3, 0.4) is 0 Å². The summed E-state index contributed by atoms with van der Waals surface area (Å²) in [6.07, 6.45) is 1.89. The lowest BCUT2D eigenvalue weighted by atomic mass is 10.0. The number of amides is 1. The van der Waals surface area contributed by atoms with Gasteiger partial charge < -0.3 is 14.8 Å². The molecule has 0 fully saturated rings. The van der Waals surface area contributed by atoms with Gasteiger partial charge in [0.25, 0.3) is 0 Å². The molecule has 2 rings (SSSR count). The molecule has 1 amide bonds. The van der Waals surface area contributed by atoms with Gasteiger partial charge in [0.05, 0.1) is 19.6 Å². The molecule has 0 bridgehead atoms. The maximum absolute atomic E-state index is 11.3. The minimum absolute atomic E-state index is 0.0361. The smallest absolute Gasteiger partial charge is 0.308 e. The third-order valence-electron chi connectivity index (χ3n) is 3.40. The summed E-state index contributed by atoms with van der Waals surface area (Å²) in [5.41, 5.74) is 1.94. The van der Waals surface area contributed by atoms with Crippen LogP contribution in [-0.4, -0.2) is 25.6 Å². The van der Waals surface area contributed by atoms with Crippen molar-refractivity contribution in [2.45, 2.75) is 26.2 Å². The van der Waals surface area contributed by atoms with Gasteiger partial charge in [-0.3, -0.25) is 9.59 Å². The number of methoxy groups -OCH3 is 1. The van der Waals surface area contributed by atoms with Crippen LogP contribution in [0, 0.1) is 5.92 Å². The van der Waals surface area contributed by atoms with E-state index in [2.05, 4.69) is 10.1 Å². The minimum Gasteiger partial charge on any atom is -0.493 e. The zero-order chi connectivity index (χ0) is 14.5. The number of carbonyl (C=O) groups is 2. The molecule has 1 aliphatic heterocycles. The van der Waals surface area contributed by atoms with Crippen molar-refractivity contribution < 1.29 is 19.1 Å². The van der Waals surface area contributed by atoms with Gasteiger partial charge in [0.15, 0.2) is 0 Å². The van der Waals surface area contributed by atoms with E-state index in [1.54, 1.807) is 0 Å². The van der Waals surface area contributed by atoms with Crippen LogP contribution in [0.2, 0.25) is 0 Å². The fraction of sp³-hybridized carbons (Fsp3) is 0.467. The maximum Gasteiger partial charge on any atom is 0.308 e. The zero-order valence-corrected chi connectivity index (χ0v) is 11.8. The van der Waals surface area contributed by atoms with Crippen molar-refractivity contribution in [2.24, 2.45) is 5.92 Å². The maximum atomic E-state index is 11.3. The molecular formula is C15H19NO4. The van der Waals surface area contributed by atoms with E-state index in [0.29, 0.717) is 25.2 Å². The van der Waals surface area contributed by atoms with E-state index >= 15 is 0 Å². The van der Waals surface area contributed by atoms with Crippen LogP contribution < -0.4 is 10.1 Å². The Morgan fingerprint density at radius 3 is 2.95 bits per heavy atom. The lowest BCUT2D eigenvalue weighted by molar-refractivity contribution is -0.145. The van der Waals surface area contributed by atoms with Crippen LogP contribution >= 0.6 is 0 Å². The third kappa shape index (κ3) is 3.50. The Labute approximate surface area is 118 Å². The number of rotatable bonds is 5. The molecule has 0 aliphatic carbocycles. The predicted octanol–water partition coefficient (Wildman–Crippen LogP) is 2.15. The molecule has 1 aromatic rings. The van der Waals surface area contributed by atoms with Crippen LogP contribution in [0.4, 0.5) is 5.69 Å². The summed E-state index contributed by atoms with van der Waals surface area (Å²) in [6, 6.07) is 5.68. The second-order valence-corrected chi connectivity index (χ2v) is 4.93. The van der Waals surface area contributed by atoms with Gasteiger partial charge in [-0.2, -0.15) is 0 Å². The summed E-state index contributed by atoms with van der Waals surface area (Å²) in [5.74, 6) is 0.320. The van der Waals surface area contributed by atoms with Crippen LogP contribution in [0.15, 0.2) is 18.2 Å². The van der Waals surface area contributed by atoms with Gasteiger partial charge in [0.2, 0.25) is 5.91 Å². The second-order valence-electron chi connectivity index (χ2n) is 4.93. The van der Waals surface area contributed by atoms with Crippen LogP contribution in [0.5, 0.6) is 5.75 Å². The zero-order valence-electron chi connectivity index (χ0n) is 11.8. The molecular weight excluding hydrogens is 258 g/mol. The Hall–Kier alpha value is -2.04. The van der Waals surface area contributed by atoms with Crippen molar-refractivity contribution in [1.29, 1.82) is 0 Å². The lowest BCUT2D eigenvalue weighted by Gasteiger charge is -2.18. The van der Waals surface area contributed by atoms with Crippen LogP contribution in [-0.2, 0) is 20.7 Å². The second kappa shape index (κ2) is 6.41. The van der Waals surface area contributed by atoms with Crippen molar-refractivity contribution in [3.63, 3.8) is 0 Å². The highest BCUT2D eigenvalue weighted by Crippen LogP contribution is 2.27. The van der Waals surface area contributed by atoms with Crippen LogP contribution in [0.25, 0.3) is 0 Å². The van der Waals surface area contributed by atoms with Crippen molar-refractivity contribution in [1.82, 2.24) is 0 Å². The SMILES string of the molecule is COC(=O)C(C)CCOc1ccc2c(c1)NC(=O)CC2. The molecule has 1 unspecified atom stereocenters. The Morgan fingerprint density at radius 2 is 2.20 bits per heavy atom. The number of esters is 1. The first-order chi connectivity index (χ1) is 9.60. The Bertz CT molecular complexity index is 513. The molecule has 1 atom stereocenters. The molecule has 20 heavy (non-hydrogen) atoms. The summed E-state index contributed by atoms with van der Waals surface area (Å²) in [6.45, 7) is 2.24. The van der Waals surface area contributed by atoms with E-state index < -0.39 is 0 Å². The van der Waals surface area contributed by atoms with Crippen molar-refractivity contribution in [2.75, 3.05) is 19.0 Å². The highest BCUT2D eigenvalue weighted by molar-refractivity contribution is 5.94. The van der Waals surface area contributed by atoms with Crippen molar-refractivity contribution >= 4 is 17.6 Å². The van der Waals surface area contributed by atoms with E-state index in [-0.39, 0.29) is 17.8 Å². The number of fused-ring (bicyclic) bond motifs is 1. The molecule has 1 aromatic carbocycles. The third-order valence-corrected chi connectivity index (χ3v) is 3.40. The quantitative estimate of drug-likeness (QED) is 0.838.